The first kappa shape index (κ1) is 16.6. The third-order valence-electron chi connectivity index (χ3n) is 2.68. The summed E-state index contributed by atoms with van der Waals surface area (Å²) < 4.78 is 28.6. The van der Waals surface area contributed by atoms with Crippen LogP contribution in [0.2, 0.25) is 5.02 Å². The predicted octanol–water partition coefficient (Wildman–Crippen LogP) is 1.64. The van der Waals surface area contributed by atoms with Gasteiger partial charge in [0.1, 0.15) is 12.4 Å². The topological polar surface area (TPSA) is 102 Å². The summed E-state index contributed by atoms with van der Waals surface area (Å²) in [7, 11) is -3.15. The number of hydrogen-bond acceptors (Lipinski definition) is 5. The normalized spacial score (nSPS) is 12.7. The fourth-order valence-corrected chi connectivity index (χ4v) is 2.36. The average molecular weight is 321 g/mol. The maximum absolute atomic E-state index is 11.6. The first-order valence-corrected chi connectivity index (χ1v) is 7.99. The molecule has 6 nitrogen and oxygen atoms in total. The maximum atomic E-state index is 11.6. The molecule has 0 atom stereocenters. The number of rotatable bonds is 6. The molecule has 0 fully saturated rings. The Bertz CT molecular complexity index is 599. The SMILES string of the molecule is CC(C)S(=O)(=O)CCOc1ccc(/C(N)=N/O)cc1Cl. The van der Waals surface area contributed by atoms with Crippen LogP contribution in [0.5, 0.6) is 5.75 Å². The number of oxime groups is 1. The summed E-state index contributed by atoms with van der Waals surface area (Å²) in [5, 5.41) is 11.2. The van der Waals surface area contributed by atoms with Crippen LogP contribution < -0.4 is 10.5 Å². The van der Waals surface area contributed by atoms with Gasteiger partial charge >= 0.3 is 0 Å². The fourth-order valence-electron chi connectivity index (χ4n) is 1.34. The summed E-state index contributed by atoms with van der Waals surface area (Å²) in [5.74, 6) is 0.198. The number of nitrogens with two attached hydrogens (primary N) is 1. The van der Waals surface area contributed by atoms with Crippen LogP contribution in [0.1, 0.15) is 19.4 Å². The average Bonchev–Trinajstić information content (AvgIpc) is 2.39. The van der Waals surface area contributed by atoms with Crippen LogP contribution in [0.15, 0.2) is 23.4 Å². The van der Waals surface area contributed by atoms with Crippen molar-refractivity contribution < 1.29 is 18.4 Å². The molecule has 0 radical (unpaired) electrons. The third kappa shape index (κ3) is 4.28. The minimum absolute atomic E-state index is 0.0170. The number of ether oxygens (including phenoxy) is 1. The number of hydrogen-bond donors (Lipinski definition) is 2. The molecule has 1 aromatic rings. The highest BCUT2D eigenvalue weighted by Crippen LogP contribution is 2.25. The van der Waals surface area contributed by atoms with Crippen molar-refractivity contribution in [3.63, 3.8) is 0 Å². The summed E-state index contributed by atoms with van der Waals surface area (Å²) in [6.45, 7) is 3.26. The molecule has 8 heteroatoms. The van der Waals surface area contributed by atoms with Crippen LogP contribution in [-0.2, 0) is 9.84 Å². The molecule has 0 unspecified atom stereocenters. The first-order chi connectivity index (χ1) is 9.27. The predicted molar refractivity (Wildman–Crippen MR) is 78.4 cm³/mol. The van der Waals surface area contributed by atoms with Gasteiger partial charge in [-0.2, -0.15) is 0 Å². The zero-order chi connectivity index (χ0) is 15.3. The van der Waals surface area contributed by atoms with E-state index in [1.54, 1.807) is 19.9 Å². The first-order valence-electron chi connectivity index (χ1n) is 5.89. The van der Waals surface area contributed by atoms with Crippen molar-refractivity contribution in [3.8, 4) is 5.75 Å². The van der Waals surface area contributed by atoms with E-state index in [0.29, 0.717) is 11.3 Å². The second-order valence-corrected chi connectivity index (χ2v) is 7.48. The summed E-state index contributed by atoms with van der Waals surface area (Å²) in [6, 6.07) is 4.58. The Kier molecular flexibility index (Phi) is 5.64. The minimum atomic E-state index is -3.15. The molecule has 0 aromatic heterocycles. The number of benzene rings is 1. The van der Waals surface area contributed by atoms with Crippen LogP contribution in [0.3, 0.4) is 0 Å². The van der Waals surface area contributed by atoms with Crippen LogP contribution in [-0.4, -0.2) is 37.1 Å². The van der Waals surface area contributed by atoms with Gasteiger partial charge in [0, 0.05) is 5.56 Å². The summed E-state index contributed by atoms with van der Waals surface area (Å²) in [5.41, 5.74) is 5.87. The highest BCUT2D eigenvalue weighted by molar-refractivity contribution is 7.91. The molecule has 1 rings (SSSR count). The fraction of sp³-hybridized carbons (Fsp3) is 0.417. The molecule has 0 spiro atoms. The van der Waals surface area contributed by atoms with Gasteiger partial charge in [0.05, 0.1) is 16.0 Å². The lowest BCUT2D eigenvalue weighted by Crippen LogP contribution is -2.22. The van der Waals surface area contributed by atoms with E-state index in [1.807, 2.05) is 0 Å². The monoisotopic (exact) mass is 320 g/mol. The minimum Gasteiger partial charge on any atom is -0.491 e. The van der Waals surface area contributed by atoms with Crippen molar-refractivity contribution in [1.29, 1.82) is 0 Å². The van der Waals surface area contributed by atoms with Crippen LogP contribution in [0.4, 0.5) is 0 Å². The third-order valence-corrected chi connectivity index (χ3v) is 5.15. The smallest absolute Gasteiger partial charge is 0.170 e. The van der Waals surface area contributed by atoms with Crippen molar-refractivity contribution >= 4 is 27.3 Å². The molecule has 0 heterocycles. The molecule has 0 saturated carbocycles. The molecule has 20 heavy (non-hydrogen) atoms. The van der Waals surface area contributed by atoms with Crippen LogP contribution >= 0.6 is 11.6 Å². The zero-order valence-electron chi connectivity index (χ0n) is 11.2. The zero-order valence-corrected chi connectivity index (χ0v) is 12.8. The van der Waals surface area contributed by atoms with Crippen molar-refractivity contribution in [2.24, 2.45) is 10.9 Å². The Morgan fingerprint density at radius 1 is 1.50 bits per heavy atom. The van der Waals surface area contributed by atoms with E-state index >= 15 is 0 Å². The second kappa shape index (κ2) is 6.81. The van der Waals surface area contributed by atoms with E-state index < -0.39 is 15.1 Å². The standard InChI is InChI=1S/C12H17ClN2O4S/c1-8(2)20(17,18)6-5-19-11-4-3-9(7-10(11)13)12(14)15-16/h3-4,7-8,16H,5-6H2,1-2H3,(H2,14,15). The Morgan fingerprint density at radius 2 is 2.15 bits per heavy atom. The quantitative estimate of drug-likeness (QED) is 0.359. The summed E-state index contributed by atoms with van der Waals surface area (Å²) in [6.07, 6.45) is 0. The molecule has 0 aliphatic rings. The molecule has 0 saturated heterocycles. The number of amidine groups is 1. The van der Waals surface area contributed by atoms with Crippen molar-refractivity contribution in [3.05, 3.63) is 28.8 Å². The lowest BCUT2D eigenvalue weighted by Gasteiger charge is -2.11. The molecule has 0 aliphatic heterocycles. The van der Waals surface area contributed by atoms with Gasteiger partial charge in [-0.15, -0.1) is 0 Å². The van der Waals surface area contributed by atoms with Gasteiger partial charge in [-0.1, -0.05) is 16.8 Å². The van der Waals surface area contributed by atoms with Gasteiger partial charge in [-0.05, 0) is 32.0 Å². The lowest BCUT2D eigenvalue weighted by molar-refractivity contribution is 0.318. The Labute approximate surface area is 123 Å². The second-order valence-electron chi connectivity index (χ2n) is 4.39. The summed E-state index contributed by atoms with van der Waals surface area (Å²) >= 11 is 5.98. The maximum Gasteiger partial charge on any atom is 0.170 e. The van der Waals surface area contributed by atoms with Gasteiger partial charge in [0.15, 0.2) is 15.7 Å². The molecule has 0 bridgehead atoms. The van der Waals surface area contributed by atoms with Crippen LogP contribution in [0, 0.1) is 0 Å². The van der Waals surface area contributed by atoms with Gasteiger partial charge in [0.2, 0.25) is 0 Å². The number of sulfone groups is 1. The van der Waals surface area contributed by atoms with E-state index in [4.69, 9.17) is 27.3 Å². The van der Waals surface area contributed by atoms with Gasteiger partial charge < -0.3 is 15.7 Å². The van der Waals surface area contributed by atoms with E-state index in [1.165, 1.54) is 12.1 Å². The largest absolute Gasteiger partial charge is 0.491 e. The molecule has 0 aliphatic carbocycles. The van der Waals surface area contributed by atoms with Crippen molar-refractivity contribution in [2.75, 3.05) is 12.4 Å². The van der Waals surface area contributed by atoms with E-state index in [-0.39, 0.29) is 23.2 Å². The molecule has 0 amide bonds. The number of halogens is 1. The highest BCUT2D eigenvalue weighted by atomic mass is 35.5. The van der Waals surface area contributed by atoms with E-state index in [9.17, 15) is 8.42 Å². The molecular formula is C12H17ClN2O4S. The molecule has 1 aromatic carbocycles. The number of nitrogens with zero attached hydrogens (tertiary/aromatic N) is 1. The van der Waals surface area contributed by atoms with E-state index in [0.717, 1.165) is 0 Å². The Hall–Kier alpha value is -1.47. The van der Waals surface area contributed by atoms with Gasteiger partial charge in [-0.3, -0.25) is 0 Å². The lowest BCUT2D eigenvalue weighted by atomic mass is 10.2. The van der Waals surface area contributed by atoms with E-state index in [2.05, 4.69) is 5.16 Å². The molecule has 3 N–H and O–H groups in total. The Morgan fingerprint density at radius 3 is 2.65 bits per heavy atom. The molecule has 112 valence electrons. The molecular weight excluding hydrogens is 304 g/mol. The van der Waals surface area contributed by atoms with Crippen molar-refractivity contribution in [1.82, 2.24) is 0 Å². The van der Waals surface area contributed by atoms with Crippen LogP contribution in [0.25, 0.3) is 0 Å². The van der Waals surface area contributed by atoms with Gasteiger partial charge in [-0.25, -0.2) is 8.42 Å². The van der Waals surface area contributed by atoms with Crippen molar-refractivity contribution in [2.45, 2.75) is 19.1 Å². The summed E-state index contributed by atoms with van der Waals surface area (Å²) in [4.78, 5) is 0. The highest BCUT2D eigenvalue weighted by Gasteiger charge is 2.16. The van der Waals surface area contributed by atoms with Gasteiger partial charge in [0.25, 0.3) is 0 Å². The Balaban J connectivity index is 2.71.